The van der Waals surface area contributed by atoms with Gasteiger partial charge < -0.3 is 10.6 Å². The third kappa shape index (κ3) is 3.69. The quantitative estimate of drug-likeness (QED) is 0.896. The summed E-state index contributed by atoms with van der Waals surface area (Å²) in [6.07, 6.45) is 1.57. The normalized spacial score (nSPS) is 19.4. The van der Waals surface area contributed by atoms with Crippen molar-refractivity contribution in [3.8, 4) is 0 Å². The van der Waals surface area contributed by atoms with Crippen LogP contribution in [0, 0.1) is 0 Å². The van der Waals surface area contributed by atoms with E-state index in [1.807, 2.05) is 18.2 Å². The average Bonchev–Trinajstić information content (AvgIpc) is 2.70. The van der Waals surface area contributed by atoms with Crippen molar-refractivity contribution in [3.05, 3.63) is 33.3 Å². The zero-order chi connectivity index (χ0) is 12.3. The van der Waals surface area contributed by atoms with Gasteiger partial charge in [0.2, 0.25) is 5.91 Å². The van der Waals surface area contributed by atoms with E-state index < -0.39 is 0 Å². The lowest BCUT2D eigenvalue weighted by atomic mass is 10.2. The van der Waals surface area contributed by atoms with Gasteiger partial charge in [-0.15, -0.1) is 0 Å². The van der Waals surface area contributed by atoms with Crippen LogP contribution >= 0.6 is 27.5 Å². The molecule has 1 aromatic rings. The monoisotopic (exact) mass is 316 g/mol. The zero-order valence-electron chi connectivity index (χ0n) is 9.30. The van der Waals surface area contributed by atoms with E-state index in [4.69, 9.17) is 11.6 Å². The molecule has 5 heteroatoms. The van der Waals surface area contributed by atoms with Gasteiger partial charge in [0, 0.05) is 30.0 Å². The van der Waals surface area contributed by atoms with E-state index in [1.165, 1.54) is 0 Å². The predicted molar refractivity (Wildman–Crippen MR) is 72.0 cm³/mol. The Hall–Kier alpha value is -0.580. The minimum atomic E-state index is 0.156. The van der Waals surface area contributed by atoms with Gasteiger partial charge in [-0.3, -0.25) is 4.79 Å². The summed E-state index contributed by atoms with van der Waals surface area (Å²) in [5.41, 5.74) is 1.14. The standard InChI is InChI=1S/C12H14BrClN2O/c13-10-3-1-8(5-11(10)14)6-15-7-9-2-4-12(17)16-9/h1,3,5,9,15H,2,4,6-7H2,(H,16,17). The fourth-order valence-electron chi connectivity index (χ4n) is 1.87. The molecule has 0 saturated carbocycles. The minimum absolute atomic E-state index is 0.156. The molecular formula is C12H14BrClN2O. The first kappa shape index (κ1) is 12.9. The van der Waals surface area contributed by atoms with Gasteiger partial charge in [-0.1, -0.05) is 17.7 Å². The topological polar surface area (TPSA) is 41.1 Å². The summed E-state index contributed by atoms with van der Waals surface area (Å²) in [4.78, 5) is 11.0. The molecule has 3 nitrogen and oxygen atoms in total. The van der Waals surface area contributed by atoms with Crippen LogP contribution < -0.4 is 10.6 Å². The van der Waals surface area contributed by atoms with E-state index in [-0.39, 0.29) is 11.9 Å². The van der Waals surface area contributed by atoms with Crippen molar-refractivity contribution < 1.29 is 4.79 Å². The zero-order valence-corrected chi connectivity index (χ0v) is 11.6. The predicted octanol–water partition coefficient (Wildman–Crippen LogP) is 2.47. The van der Waals surface area contributed by atoms with Crippen LogP contribution in [0.1, 0.15) is 18.4 Å². The fourth-order valence-corrected chi connectivity index (χ4v) is 2.32. The second kappa shape index (κ2) is 5.85. The number of hydrogen-bond donors (Lipinski definition) is 2. The van der Waals surface area contributed by atoms with Gasteiger partial charge >= 0.3 is 0 Å². The molecule has 2 rings (SSSR count). The van der Waals surface area contributed by atoms with Gasteiger partial charge in [0.25, 0.3) is 0 Å². The lowest BCUT2D eigenvalue weighted by Crippen LogP contribution is -2.35. The molecule has 1 atom stereocenters. The molecular weight excluding hydrogens is 304 g/mol. The average molecular weight is 318 g/mol. The van der Waals surface area contributed by atoms with Gasteiger partial charge in [-0.2, -0.15) is 0 Å². The lowest BCUT2D eigenvalue weighted by Gasteiger charge is -2.11. The number of benzene rings is 1. The Balaban J connectivity index is 1.78. The van der Waals surface area contributed by atoms with Crippen LogP contribution in [0.5, 0.6) is 0 Å². The molecule has 1 aliphatic heterocycles. The first-order valence-corrected chi connectivity index (χ1v) is 6.76. The van der Waals surface area contributed by atoms with Crippen molar-refractivity contribution in [1.82, 2.24) is 10.6 Å². The number of halogens is 2. The first-order chi connectivity index (χ1) is 8.15. The summed E-state index contributed by atoms with van der Waals surface area (Å²) in [5, 5.41) is 6.97. The molecule has 1 aliphatic rings. The highest BCUT2D eigenvalue weighted by atomic mass is 79.9. The van der Waals surface area contributed by atoms with Crippen molar-refractivity contribution in [2.75, 3.05) is 6.54 Å². The van der Waals surface area contributed by atoms with Gasteiger partial charge in [0.15, 0.2) is 0 Å². The van der Waals surface area contributed by atoms with E-state index in [0.717, 1.165) is 34.6 Å². The minimum Gasteiger partial charge on any atom is -0.352 e. The van der Waals surface area contributed by atoms with Crippen molar-refractivity contribution >= 4 is 33.4 Å². The second-order valence-electron chi connectivity index (χ2n) is 4.18. The third-order valence-electron chi connectivity index (χ3n) is 2.79. The maximum Gasteiger partial charge on any atom is 0.220 e. The summed E-state index contributed by atoms with van der Waals surface area (Å²) >= 11 is 9.37. The summed E-state index contributed by atoms with van der Waals surface area (Å²) in [6, 6.07) is 6.17. The van der Waals surface area contributed by atoms with Crippen LogP contribution in [0.4, 0.5) is 0 Å². The highest BCUT2D eigenvalue weighted by Gasteiger charge is 2.19. The molecule has 17 heavy (non-hydrogen) atoms. The Kier molecular flexibility index (Phi) is 4.42. The molecule has 0 bridgehead atoms. The molecule has 92 valence electrons. The highest BCUT2D eigenvalue weighted by Crippen LogP contribution is 2.23. The third-order valence-corrected chi connectivity index (χ3v) is 4.02. The molecule has 0 aromatic heterocycles. The number of carbonyl (C=O) groups is 1. The van der Waals surface area contributed by atoms with Crippen LogP contribution in [0.15, 0.2) is 22.7 Å². The van der Waals surface area contributed by atoms with Crippen molar-refractivity contribution in [3.63, 3.8) is 0 Å². The smallest absolute Gasteiger partial charge is 0.220 e. The van der Waals surface area contributed by atoms with Gasteiger partial charge in [0.1, 0.15) is 0 Å². The molecule has 0 spiro atoms. The molecule has 1 saturated heterocycles. The van der Waals surface area contributed by atoms with Crippen LogP contribution in [-0.2, 0) is 11.3 Å². The number of nitrogens with one attached hydrogen (secondary N) is 2. The Morgan fingerprint density at radius 3 is 3.00 bits per heavy atom. The van der Waals surface area contributed by atoms with E-state index in [9.17, 15) is 4.79 Å². The molecule has 1 heterocycles. The second-order valence-corrected chi connectivity index (χ2v) is 5.44. The molecule has 1 unspecified atom stereocenters. The maximum absolute atomic E-state index is 11.0. The van der Waals surface area contributed by atoms with Crippen molar-refractivity contribution in [1.29, 1.82) is 0 Å². The van der Waals surface area contributed by atoms with Crippen LogP contribution in [0.2, 0.25) is 5.02 Å². The van der Waals surface area contributed by atoms with E-state index in [0.29, 0.717) is 6.42 Å². The first-order valence-electron chi connectivity index (χ1n) is 5.59. The number of amides is 1. The van der Waals surface area contributed by atoms with E-state index in [1.54, 1.807) is 0 Å². The number of carbonyl (C=O) groups excluding carboxylic acids is 1. The van der Waals surface area contributed by atoms with Gasteiger partial charge in [-0.05, 0) is 40.0 Å². The number of hydrogen-bond acceptors (Lipinski definition) is 2. The largest absolute Gasteiger partial charge is 0.352 e. The summed E-state index contributed by atoms with van der Waals surface area (Å²) in [5.74, 6) is 0.156. The van der Waals surface area contributed by atoms with Crippen molar-refractivity contribution in [2.45, 2.75) is 25.4 Å². The molecule has 1 fully saturated rings. The summed E-state index contributed by atoms with van der Waals surface area (Å²) in [7, 11) is 0. The number of rotatable bonds is 4. The van der Waals surface area contributed by atoms with Crippen LogP contribution in [0.3, 0.4) is 0 Å². The lowest BCUT2D eigenvalue weighted by molar-refractivity contribution is -0.119. The molecule has 1 aromatic carbocycles. The molecule has 2 N–H and O–H groups in total. The summed E-state index contributed by atoms with van der Waals surface area (Å²) in [6.45, 7) is 1.57. The summed E-state index contributed by atoms with van der Waals surface area (Å²) < 4.78 is 0.908. The Bertz CT molecular complexity index is 425. The van der Waals surface area contributed by atoms with Gasteiger partial charge in [0.05, 0.1) is 5.02 Å². The van der Waals surface area contributed by atoms with Crippen LogP contribution in [0.25, 0.3) is 0 Å². The SMILES string of the molecule is O=C1CCC(CNCc2ccc(Br)c(Cl)c2)N1. The highest BCUT2D eigenvalue weighted by molar-refractivity contribution is 9.10. The van der Waals surface area contributed by atoms with E-state index in [2.05, 4.69) is 26.6 Å². The fraction of sp³-hybridized carbons (Fsp3) is 0.417. The molecule has 0 radical (unpaired) electrons. The maximum atomic E-state index is 11.0. The molecule has 1 amide bonds. The van der Waals surface area contributed by atoms with Gasteiger partial charge in [-0.25, -0.2) is 0 Å². The van der Waals surface area contributed by atoms with Crippen molar-refractivity contribution in [2.24, 2.45) is 0 Å². The van der Waals surface area contributed by atoms with E-state index >= 15 is 0 Å². The van der Waals surface area contributed by atoms with Crippen LogP contribution in [-0.4, -0.2) is 18.5 Å². The molecule has 0 aliphatic carbocycles. The Morgan fingerprint density at radius 2 is 2.35 bits per heavy atom. The Labute approximate surface area is 114 Å². The Morgan fingerprint density at radius 1 is 1.53 bits per heavy atom.